The van der Waals surface area contributed by atoms with E-state index in [2.05, 4.69) is 20.6 Å². The summed E-state index contributed by atoms with van der Waals surface area (Å²) in [6.45, 7) is 3.79. The molecular formula is C27H23ClN6O2. The topological polar surface area (TPSA) is 113 Å². The van der Waals surface area contributed by atoms with Crippen molar-refractivity contribution in [1.29, 1.82) is 5.26 Å². The van der Waals surface area contributed by atoms with Crippen LogP contribution in [-0.4, -0.2) is 20.4 Å². The number of anilines is 3. The Balaban J connectivity index is 1.61. The number of nitrogens with one attached hydrogen (secondary N) is 2. The third-order valence-electron chi connectivity index (χ3n) is 5.35. The van der Waals surface area contributed by atoms with E-state index in [0.717, 1.165) is 0 Å². The predicted octanol–water partition coefficient (Wildman–Crippen LogP) is 5.44. The maximum absolute atomic E-state index is 13.1. The Kier molecular flexibility index (Phi) is 7.13. The van der Waals surface area contributed by atoms with Gasteiger partial charge in [-0.3, -0.25) is 14.2 Å². The Hall–Kier alpha value is -4.48. The fourth-order valence-corrected chi connectivity index (χ4v) is 3.92. The average molecular weight is 499 g/mol. The highest BCUT2D eigenvalue weighted by Gasteiger charge is 2.14. The number of pyridine rings is 1. The molecule has 0 spiro atoms. The number of benzene rings is 2. The molecule has 2 aromatic carbocycles. The minimum Gasteiger partial charge on any atom is -0.324 e. The molecule has 0 unspecified atom stereocenters. The molecule has 0 saturated heterocycles. The van der Waals surface area contributed by atoms with Crippen molar-refractivity contribution in [2.45, 2.75) is 13.8 Å². The molecule has 180 valence electrons. The van der Waals surface area contributed by atoms with Crippen LogP contribution in [0.4, 0.5) is 17.3 Å². The summed E-state index contributed by atoms with van der Waals surface area (Å²) in [4.78, 5) is 34.4. The summed E-state index contributed by atoms with van der Waals surface area (Å²) in [5, 5.41) is 16.3. The zero-order valence-electron chi connectivity index (χ0n) is 19.9. The second-order valence-corrected chi connectivity index (χ2v) is 8.88. The molecule has 0 aliphatic rings. The van der Waals surface area contributed by atoms with E-state index in [0.29, 0.717) is 38.6 Å². The van der Waals surface area contributed by atoms with Crippen molar-refractivity contribution < 1.29 is 4.79 Å². The summed E-state index contributed by atoms with van der Waals surface area (Å²) in [6, 6.07) is 17.8. The highest BCUT2D eigenvalue weighted by atomic mass is 35.5. The number of aryl methyl sites for hydroxylation is 1. The zero-order valence-corrected chi connectivity index (χ0v) is 20.7. The lowest BCUT2D eigenvalue weighted by atomic mass is 10.1. The van der Waals surface area contributed by atoms with Gasteiger partial charge in [0.15, 0.2) is 0 Å². The summed E-state index contributed by atoms with van der Waals surface area (Å²) < 4.78 is 1.46. The lowest BCUT2D eigenvalue weighted by molar-refractivity contribution is -0.112. The van der Waals surface area contributed by atoms with E-state index < -0.39 is 5.91 Å². The molecule has 2 N–H and O–H groups in total. The van der Waals surface area contributed by atoms with Crippen molar-refractivity contribution in [2.24, 2.45) is 13.0 Å². The summed E-state index contributed by atoms with van der Waals surface area (Å²) in [6.07, 6.45) is 3.24. The van der Waals surface area contributed by atoms with Crippen LogP contribution in [0.3, 0.4) is 0 Å². The first-order valence-electron chi connectivity index (χ1n) is 11.2. The van der Waals surface area contributed by atoms with Crippen LogP contribution in [0.1, 0.15) is 13.8 Å². The molecular weight excluding hydrogens is 476 g/mol. The Bertz CT molecular complexity index is 1600. The Morgan fingerprint density at radius 1 is 1.11 bits per heavy atom. The maximum Gasteiger partial charge on any atom is 0.265 e. The maximum atomic E-state index is 13.1. The molecule has 0 aliphatic heterocycles. The van der Waals surface area contributed by atoms with Crippen LogP contribution >= 0.6 is 11.6 Å². The molecule has 36 heavy (non-hydrogen) atoms. The van der Waals surface area contributed by atoms with Crippen molar-refractivity contribution in [1.82, 2.24) is 14.5 Å². The first-order chi connectivity index (χ1) is 17.3. The molecule has 4 rings (SSSR count). The van der Waals surface area contributed by atoms with Crippen LogP contribution in [0, 0.1) is 17.2 Å². The van der Waals surface area contributed by atoms with E-state index in [9.17, 15) is 14.9 Å². The number of fused-ring (bicyclic) bond motifs is 1. The monoisotopic (exact) mass is 498 g/mol. The minimum absolute atomic E-state index is 0.0540. The number of aromatic nitrogens is 3. The second-order valence-electron chi connectivity index (χ2n) is 8.47. The smallest absolute Gasteiger partial charge is 0.265 e. The summed E-state index contributed by atoms with van der Waals surface area (Å²) >= 11 is 6.31. The fraction of sp³-hybridized carbons (Fsp3) is 0.148. The van der Waals surface area contributed by atoms with Gasteiger partial charge in [0.1, 0.15) is 17.3 Å². The predicted molar refractivity (Wildman–Crippen MR) is 142 cm³/mol. The summed E-state index contributed by atoms with van der Waals surface area (Å²) in [5.74, 6) is -0.126. The number of rotatable bonds is 6. The molecule has 0 atom stereocenters. The first-order valence-corrected chi connectivity index (χ1v) is 11.6. The van der Waals surface area contributed by atoms with Crippen LogP contribution in [0.25, 0.3) is 22.2 Å². The van der Waals surface area contributed by atoms with Crippen LogP contribution in [0.5, 0.6) is 0 Å². The fourth-order valence-electron chi connectivity index (χ4n) is 3.68. The summed E-state index contributed by atoms with van der Waals surface area (Å²) in [7, 11) is 1.65. The SMILES string of the molecule is CC(C)/C=C(\C#N)C(=O)Nc1cccc(Nc2ncc3cc(-c4ccccc4Cl)c(=O)n(C)c3n2)c1. The molecule has 0 bridgehead atoms. The van der Waals surface area contributed by atoms with Crippen molar-refractivity contribution in [2.75, 3.05) is 10.6 Å². The van der Waals surface area contributed by atoms with E-state index in [1.54, 1.807) is 61.8 Å². The van der Waals surface area contributed by atoms with Crippen molar-refractivity contribution in [3.63, 3.8) is 0 Å². The van der Waals surface area contributed by atoms with Gasteiger partial charge in [0, 0.05) is 46.2 Å². The van der Waals surface area contributed by atoms with Crippen LogP contribution in [-0.2, 0) is 11.8 Å². The molecule has 1 amide bonds. The standard InChI is InChI=1S/C27H23ClN6O2/c1-16(2)11-17(14-29)25(35)31-19-7-6-8-20(13-19)32-27-30-15-18-12-22(21-9-4-5-10-23(21)28)26(36)34(3)24(18)33-27/h4-13,15-16H,1-3H3,(H,31,35)(H,30,32,33)/b17-11+. The zero-order chi connectivity index (χ0) is 25.8. The van der Waals surface area contributed by atoms with Crippen LogP contribution in [0.15, 0.2) is 77.2 Å². The third-order valence-corrected chi connectivity index (χ3v) is 5.68. The number of nitrogens with zero attached hydrogens (tertiary/aromatic N) is 4. The molecule has 4 aromatic rings. The highest BCUT2D eigenvalue weighted by molar-refractivity contribution is 6.33. The second kappa shape index (κ2) is 10.4. The van der Waals surface area contributed by atoms with Gasteiger partial charge in [-0.15, -0.1) is 0 Å². The van der Waals surface area contributed by atoms with E-state index in [1.165, 1.54) is 4.57 Å². The van der Waals surface area contributed by atoms with Crippen LogP contribution < -0.4 is 16.2 Å². The average Bonchev–Trinajstić information content (AvgIpc) is 2.85. The van der Waals surface area contributed by atoms with Gasteiger partial charge in [-0.2, -0.15) is 10.2 Å². The normalized spacial score (nSPS) is 11.4. The molecule has 0 fully saturated rings. The molecule has 0 aliphatic carbocycles. The van der Waals surface area contributed by atoms with E-state index >= 15 is 0 Å². The van der Waals surface area contributed by atoms with Gasteiger partial charge in [-0.05, 0) is 36.2 Å². The van der Waals surface area contributed by atoms with Gasteiger partial charge in [0.2, 0.25) is 5.95 Å². The van der Waals surface area contributed by atoms with Gasteiger partial charge in [0.25, 0.3) is 11.5 Å². The van der Waals surface area contributed by atoms with Gasteiger partial charge in [0.05, 0.1) is 0 Å². The number of hydrogen-bond acceptors (Lipinski definition) is 6. The number of hydrogen-bond donors (Lipinski definition) is 2. The minimum atomic E-state index is -0.477. The molecule has 2 heterocycles. The van der Waals surface area contributed by atoms with Crippen LogP contribution in [0.2, 0.25) is 5.02 Å². The lowest BCUT2D eigenvalue weighted by Gasteiger charge is -2.12. The van der Waals surface area contributed by atoms with Gasteiger partial charge in [-0.1, -0.05) is 55.8 Å². The highest BCUT2D eigenvalue weighted by Crippen LogP contribution is 2.27. The number of allylic oxidation sites excluding steroid dienone is 1. The third kappa shape index (κ3) is 5.27. The van der Waals surface area contributed by atoms with Crippen molar-refractivity contribution in [3.05, 3.63) is 87.8 Å². The van der Waals surface area contributed by atoms with Crippen molar-refractivity contribution >= 4 is 45.9 Å². The molecule has 2 aromatic heterocycles. The number of carbonyl (C=O) groups is 1. The van der Waals surface area contributed by atoms with Crippen molar-refractivity contribution in [3.8, 4) is 17.2 Å². The summed E-state index contributed by atoms with van der Waals surface area (Å²) in [5.41, 5.74) is 2.52. The lowest BCUT2D eigenvalue weighted by Crippen LogP contribution is -2.20. The number of halogens is 1. The molecule has 9 heteroatoms. The Morgan fingerprint density at radius 2 is 1.86 bits per heavy atom. The first kappa shape index (κ1) is 24.6. The number of nitriles is 1. The Labute approximate surface area is 212 Å². The largest absolute Gasteiger partial charge is 0.324 e. The Morgan fingerprint density at radius 3 is 2.58 bits per heavy atom. The molecule has 8 nitrogen and oxygen atoms in total. The molecule has 0 saturated carbocycles. The molecule has 0 radical (unpaired) electrons. The van der Waals surface area contributed by atoms with E-state index in [4.69, 9.17) is 11.6 Å². The van der Waals surface area contributed by atoms with E-state index in [-0.39, 0.29) is 23.0 Å². The van der Waals surface area contributed by atoms with Gasteiger partial charge >= 0.3 is 0 Å². The van der Waals surface area contributed by atoms with Gasteiger partial charge < -0.3 is 10.6 Å². The number of carbonyl (C=O) groups excluding carboxylic acids is 1. The quantitative estimate of drug-likeness (QED) is 0.270. The number of amides is 1. The van der Waals surface area contributed by atoms with Gasteiger partial charge in [-0.25, -0.2) is 4.98 Å². The van der Waals surface area contributed by atoms with E-state index in [1.807, 2.05) is 32.0 Å².